The predicted octanol–water partition coefficient (Wildman–Crippen LogP) is 2.50. The number of aromatic amines is 1. The minimum atomic E-state index is -0.542. The van der Waals surface area contributed by atoms with Gasteiger partial charge in [-0.2, -0.15) is 0 Å². The van der Waals surface area contributed by atoms with E-state index in [0.717, 1.165) is 0 Å². The Balaban J connectivity index is 2.26. The Morgan fingerprint density at radius 3 is 2.59 bits per heavy atom. The lowest BCUT2D eigenvalue weighted by Crippen LogP contribution is -2.25. The molecule has 27 heavy (non-hydrogen) atoms. The van der Waals surface area contributed by atoms with E-state index in [9.17, 15) is 14.4 Å². The van der Waals surface area contributed by atoms with Gasteiger partial charge in [-0.15, -0.1) is 0 Å². The van der Waals surface area contributed by atoms with Gasteiger partial charge in [0.25, 0.3) is 11.5 Å². The number of ether oxygens (including phenoxy) is 1. The fraction of sp³-hybridized carbons (Fsp3) is 0.333. The second-order valence-corrected chi connectivity index (χ2v) is 6.45. The third-order valence-electron chi connectivity index (χ3n) is 3.42. The number of rotatable bonds is 9. The number of thioether (sulfide) groups is 1. The molecule has 0 saturated carbocycles. The second kappa shape index (κ2) is 10.5. The highest BCUT2D eigenvalue weighted by Crippen LogP contribution is 2.20. The largest absolute Gasteiger partial charge is 0.381 e. The molecule has 144 valence electrons. The molecule has 0 atom stereocenters. The molecule has 0 aliphatic carbocycles. The third kappa shape index (κ3) is 6.22. The maximum Gasteiger partial charge on any atom is 0.277 e. The molecule has 0 aliphatic heterocycles. The molecule has 1 heterocycles. The van der Waals surface area contributed by atoms with Gasteiger partial charge in [-0.3, -0.25) is 19.4 Å². The highest BCUT2D eigenvalue weighted by molar-refractivity contribution is 7.99. The lowest BCUT2D eigenvalue weighted by molar-refractivity contribution is -0.115. The maximum absolute atomic E-state index is 12.5. The van der Waals surface area contributed by atoms with Crippen molar-refractivity contribution in [3.8, 4) is 0 Å². The highest BCUT2D eigenvalue weighted by Gasteiger charge is 2.17. The highest BCUT2D eigenvalue weighted by atomic mass is 32.2. The van der Waals surface area contributed by atoms with Crippen molar-refractivity contribution in [1.29, 1.82) is 0 Å². The molecule has 0 unspecified atom stereocenters. The Morgan fingerprint density at radius 1 is 1.19 bits per heavy atom. The van der Waals surface area contributed by atoms with Gasteiger partial charge in [0, 0.05) is 24.3 Å². The van der Waals surface area contributed by atoms with E-state index in [1.165, 1.54) is 11.8 Å². The van der Waals surface area contributed by atoms with E-state index in [2.05, 4.69) is 20.6 Å². The van der Waals surface area contributed by atoms with Crippen molar-refractivity contribution in [2.24, 2.45) is 0 Å². The molecular formula is C18H22N4O4S. The molecule has 9 heteroatoms. The van der Waals surface area contributed by atoms with E-state index in [-0.39, 0.29) is 23.8 Å². The summed E-state index contributed by atoms with van der Waals surface area (Å²) in [6, 6.07) is 8.47. The summed E-state index contributed by atoms with van der Waals surface area (Å²) < 4.78 is 5.26. The SMILES string of the molecule is CCOCCSc1nc(NC(=O)CC)c(NC(=O)c2ccccc2)c(=O)[nH]1. The van der Waals surface area contributed by atoms with E-state index in [0.29, 0.717) is 29.7 Å². The Hall–Kier alpha value is -2.65. The zero-order valence-corrected chi connectivity index (χ0v) is 16.0. The monoisotopic (exact) mass is 390 g/mol. The molecular weight excluding hydrogens is 368 g/mol. The lowest BCUT2D eigenvalue weighted by atomic mass is 10.2. The van der Waals surface area contributed by atoms with Crippen LogP contribution < -0.4 is 16.2 Å². The van der Waals surface area contributed by atoms with E-state index in [4.69, 9.17) is 4.74 Å². The number of benzene rings is 1. The number of H-pyrrole nitrogens is 1. The number of carbonyl (C=O) groups is 2. The fourth-order valence-electron chi connectivity index (χ4n) is 2.06. The molecule has 1 aromatic carbocycles. The molecule has 1 aromatic heterocycles. The Bertz CT molecular complexity index is 839. The van der Waals surface area contributed by atoms with Crippen molar-refractivity contribution < 1.29 is 14.3 Å². The van der Waals surface area contributed by atoms with Crippen LogP contribution in [-0.2, 0) is 9.53 Å². The number of hydrogen-bond donors (Lipinski definition) is 3. The van der Waals surface area contributed by atoms with E-state index in [1.807, 2.05) is 6.92 Å². The number of carbonyl (C=O) groups excluding carboxylic acids is 2. The molecule has 0 aliphatic rings. The smallest absolute Gasteiger partial charge is 0.277 e. The number of hydrogen-bond acceptors (Lipinski definition) is 6. The topological polar surface area (TPSA) is 113 Å². The molecule has 0 bridgehead atoms. The molecule has 2 amide bonds. The molecule has 0 fully saturated rings. The van der Waals surface area contributed by atoms with Gasteiger partial charge in [0.15, 0.2) is 16.7 Å². The summed E-state index contributed by atoms with van der Waals surface area (Å²) in [5.74, 6) is -0.165. The molecule has 8 nitrogen and oxygen atoms in total. The van der Waals surface area contributed by atoms with Crippen LogP contribution in [0, 0.1) is 0 Å². The van der Waals surface area contributed by atoms with Crippen molar-refractivity contribution in [3.63, 3.8) is 0 Å². The van der Waals surface area contributed by atoms with Crippen molar-refractivity contribution >= 4 is 35.1 Å². The zero-order valence-electron chi connectivity index (χ0n) is 15.2. The summed E-state index contributed by atoms with van der Waals surface area (Å²) in [5, 5.41) is 5.44. The first-order chi connectivity index (χ1) is 13.0. The molecule has 0 saturated heterocycles. The molecule has 0 spiro atoms. The van der Waals surface area contributed by atoms with Crippen LogP contribution in [0.3, 0.4) is 0 Å². The number of nitrogens with zero attached hydrogens (tertiary/aromatic N) is 1. The first kappa shape index (κ1) is 20.7. The van der Waals surface area contributed by atoms with Gasteiger partial charge in [-0.1, -0.05) is 36.9 Å². The number of amides is 2. The van der Waals surface area contributed by atoms with Crippen LogP contribution in [0.5, 0.6) is 0 Å². The average Bonchev–Trinajstić information content (AvgIpc) is 2.68. The number of nitrogens with one attached hydrogen (secondary N) is 3. The summed E-state index contributed by atoms with van der Waals surface area (Å²) in [4.78, 5) is 43.6. The molecule has 0 radical (unpaired) electrons. The third-order valence-corrected chi connectivity index (χ3v) is 4.26. The van der Waals surface area contributed by atoms with E-state index < -0.39 is 11.5 Å². The van der Waals surface area contributed by atoms with Crippen molar-refractivity contribution in [2.75, 3.05) is 29.6 Å². The van der Waals surface area contributed by atoms with Crippen molar-refractivity contribution in [1.82, 2.24) is 9.97 Å². The maximum atomic E-state index is 12.5. The van der Waals surface area contributed by atoms with Gasteiger partial charge in [0.2, 0.25) is 5.91 Å². The van der Waals surface area contributed by atoms with Gasteiger partial charge in [0.05, 0.1) is 6.61 Å². The van der Waals surface area contributed by atoms with Gasteiger partial charge in [0.1, 0.15) is 0 Å². The summed E-state index contributed by atoms with van der Waals surface area (Å²) in [7, 11) is 0. The first-order valence-corrected chi connectivity index (χ1v) is 9.54. The van der Waals surface area contributed by atoms with E-state index in [1.54, 1.807) is 37.3 Å². The number of anilines is 2. The van der Waals surface area contributed by atoms with Crippen LogP contribution in [0.2, 0.25) is 0 Å². The van der Waals surface area contributed by atoms with Crippen LogP contribution in [0.4, 0.5) is 11.5 Å². The number of aromatic nitrogens is 2. The van der Waals surface area contributed by atoms with Crippen LogP contribution in [0.15, 0.2) is 40.3 Å². The Kier molecular flexibility index (Phi) is 8.02. The fourth-order valence-corrected chi connectivity index (χ4v) is 2.78. The lowest BCUT2D eigenvalue weighted by Gasteiger charge is -2.12. The van der Waals surface area contributed by atoms with Gasteiger partial charge < -0.3 is 15.4 Å². The molecule has 2 rings (SSSR count). The molecule has 2 aromatic rings. The van der Waals surface area contributed by atoms with Gasteiger partial charge in [-0.25, -0.2) is 4.98 Å². The Morgan fingerprint density at radius 2 is 1.93 bits per heavy atom. The zero-order chi connectivity index (χ0) is 19.6. The second-order valence-electron chi connectivity index (χ2n) is 5.36. The first-order valence-electron chi connectivity index (χ1n) is 8.56. The quantitative estimate of drug-likeness (QED) is 0.344. The standard InChI is InChI=1S/C18H22N4O4S/c1-3-13(23)19-15-14(20-16(24)12-8-6-5-7-9-12)17(25)22-18(21-15)27-11-10-26-4-2/h5-9H,3-4,10-11H2,1-2H3,(H,20,24)(H2,19,21,22,23,25). The van der Waals surface area contributed by atoms with Gasteiger partial charge >= 0.3 is 0 Å². The Labute approximate surface area is 161 Å². The van der Waals surface area contributed by atoms with Crippen molar-refractivity contribution in [2.45, 2.75) is 25.4 Å². The normalized spacial score (nSPS) is 10.4. The van der Waals surface area contributed by atoms with Crippen LogP contribution >= 0.6 is 11.8 Å². The van der Waals surface area contributed by atoms with Crippen LogP contribution in [-0.4, -0.2) is 40.7 Å². The minimum Gasteiger partial charge on any atom is -0.381 e. The van der Waals surface area contributed by atoms with Gasteiger partial charge in [-0.05, 0) is 19.1 Å². The predicted molar refractivity (Wildman–Crippen MR) is 105 cm³/mol. The van der Waals surface area contributed by atoms with Crippen LogP contribution in [0.1, 0.15) is 30.6 Å². The van der Waals surface area contributed by atoms with Crippen LogP contribution in [0.25, 0.3) is 0 Å². The summed E-state index contributed by atoms with van der Waals surface area (Å²) >= 11 is 1.29. The van der Waals surface area contributed by atoms with Crippen molar-refractivity contribution in [3.05, 3.63) is 46.2 Å². The summed E-state index contributed by atoms with van der Waals surface area (Å²) in [6.45, 7) is 4.69. The summed E-state index contributed by atoms with van der Waals surface area (Å²) in [5.41, 5.74) is -0.251. The van der Waals surface area contributed by atoms with E-state index >= 15 is 0 Å². The average molecular weight is 390 g/mol. The molecule has 3 N–H and O–H groups in total. The summed E-state index contributed by atoms with van der Waals surface area (Å²) in [6.07, 6.45) is 0.216. The minimum absolute atomic E-state index is 0.0220.